The molecule has 0 spiro atoms. The molecule has 1 N–H and O–H groups in total. The Bertz CT molecular complexity index is 592. The number of amides is 1. The first-order valence-corrected chi connectivity index (χ1v) is 7.50. The molecule has 3 nitrogen and oxygen atoms in total. The van der Waals surface area contributed by atoms with Crippen LogP contribution in [0.3, 0.4) is 0 Å². The summed E-state index contributed by atoms with van der Waals surface area (Å²) in [6, 6.07) is 9.96. The molecular weight excluding hydrogens is 268 g/mol. The van der Waals surface area contributed by atoms with Gasteiger partial charge in [-0.2, -0.15) is 0 Å². The Morgan fingerprint density at radius 3 is 2.75 bits per heavy atom. The molecule has 0 aliphatic carbocycles. The van der Waals surface area contributed by atoms with E-state index >= 15 is 0 Å². The predicted molar refractivity (Wildman–Crippen MR) is 85.2 cm³/mol. The van der Waals surface area contributed by atoms with Crippen LogP contribution in [0.5, 0.6) is 0 Å². The highest BCUT2D eigenvalue weighted by Crippen LogP contribution is 2.17. The van der Waals surface area contributed by atoms with Gasteiger partial charge in [0.05, 0.1) is 6.54 Å². The van der Waals surface area contributed by atoms with Gasteiger partial charge < -0.3 is 5.32 Å². The van der Waals surface area contributed by atoms with Crippen LogP contribution in [-0.2, 0) is 11.3 Å². The molecule has 20 heavy (non-hydrogen) atoms. The fourth-order valence-corrected chi connectivity index (χ4v) is 3.02. The van der Waals surface area contributed by atoms with Gasteiger partial charge in [0.2, 0.25) is 5.91 Å². The third-order valence-electron chi connectivity index (χ3n) is 3.10. The summed E-state index contributed by atoms with van der Waals surface area (Å²) in [4.78, 5) is 15.3. The SMILES string of the molecule is Cc1cccc(NC(=O)CN(C)Cc2sccc2C)c1. The van der Waals surface area contributed by atoms with Crippen LogP contribution in [0, 0.1) is 13.8 Å². The van der Waals surface area contributed by atoms with Gasteiger partial charge in [-0.25, -0.2) is 0 Å². The van der Waals surface area contributed by atoms with Crippen LogP contribution in [0.15, 0.2) is 35.7 Å². The van der Waals surface area contributed by atoms with Crippen LogP contribution in [0.1, 0.15) is 16.0 Å². The molecule has 1 heterocycles. The van der Waals surface area contributed by atoms with Crippen LogP contribution in [0.4, 0.5) is 5.69 Å². The van der Waals surface area contributed by atoms with Crippen molar-refractivity contribution in [3.05, 3.63) is 51.7 Å². The highest BCUT2D eigenvalue weighted by molar-refractivity contribution is 7.10. The zero-order valence-electron chi connectivity index (χ0n) is 12.1. The molecule has 0 unspecified atom stereocenters. The minimum atomic E-state index is 0.0207. The number of rotatable bonds is 5. The molecule has 4 heteroatoms. The average Bonchev–Trinajstić information content (AvgIpc) is 2.74. The van der Waals surface area contributed by atoms with Gasteiger partial charge in [-0.3, -0.25) is 9.69 Å². The Morgan fingerprint density at radius 1 is 1.30 bits per heavy atom. The van der Waals surface area contributed by atoms with Crippen molar-refractivity contribution >= 4 is 22.9 Å². The van der Waals surface area contributed by atoms with E-state index in [0.717, 1.165) is 17.8 Å². The van der Waals surface area contributed by atoms with Crippen LogP contribution < -0.4 is 5.32 Å². The first-order valence-electron chi connectivity index (χ1n) is 6.62. The third kappa shape index (κ3) is 4.18. The summed E-state index contributed by atoms with van der Waals surface area (Å²) in [6.07, 6.45) is 0. The second kappa shape index (κ2) is 6.68. The standard InChI is InChI=1S/C16H20N2OS/c1-12-5-4-6-14(9-12)17-16(19)11-18(3)10-15-13(2)7-8-20-15/h4-9H,10-11H2,1-3H3,(H,17,19). The Hall–Kier alpha value is -1.65. The molecule has 1 aromatic heterocycles. The second-order valence-corrected chi connectivity index (χ2v) is 6.12. The third-order valence-corrected chi connectivity index (χ3v) is 4.10. The molecule has 1 aromatic carbocycles. The van der Waals surface area contributed by atoms with Crippen LogP contribution in [0.2, 0.25) is 0 Å². The lowest BCUT2D eigenvalue weighted by Crippen LogP contribution is -2.29. The number of carbonyl (C=O) groups excluding carboxylic acids is 1. The number of nitrogens with zero attached hydrogens (tertiary/aromatic N) is 1. The van der Waals surface area contributed by atoms with Gasteiger partial charge in [0.1, 0.15) is 0 Å². The molecular formula is C16H20N2OS. The number of benzene rings is 1. The van der Waals surface area contributed by atoms with Crippen molar-refractivity contribution < 1.29 is 4.79 Å². The van der Waals surface area contributed by atoms with Gasteiger partial charge in [-0.05, 0) is 55.6 Å². The molecule has 2 rings (SSSR count). The largest absolute Gasteiger partial charge is 0.325 e. The highest BCUT2D eigenvalue weighted by atomic mass is 32.1. The Kier molecular flexibility index (Phi) is 4.93. The first kappa shape index (κ1) is 14.8. The van der Waals surface area contributed by atoms with Gasteiger partial charge in [0.15, 0.2) is 0 Å². The zero-order valence-corrected chi connectivity index (χ0v) is 13.0. The molecule has 0 atom stereocenters. The fraction of sp³-hybridized carbons (Fsp3) is 0.312. The van der Waals surface area contributed by atoms with Crippen molar-refractivity contribution in [2.24, 2.45) is 0 Å². The number of hydrogen-bond donors (Lipinski definition) is 1. The average molecular weight is 288 g/mol. The lowest BCUT2D eigenvalue weighted by atomic mass is 10.2. The Balaban J connectivity index is 1.86. The van der Waals surface area contributed by atoms with Crippen molar-refractivity contribution in [3.8, 4) is 0 Å². The Labute approximate surface area is 124 Å². The highest BCUT2D eigenvalue weighted by Gasteiger charge is 2.09. The van der Waals surface area contributed by atoms with E-state index in [4.69, 9.17) is 0 Å². The van der Waals surface area contributed by atoms with E-state index in [1.807, 2.05) is 43.1 Å². The summed E-state index contributed by atoms with van der Waals surface area (Å²) in [7, 11) is 1.97. The fourth-order valence-electron chi connectivity index (χ4n) is 2.04. The van der Waals surface area contributed by atoms with Crippen molar-refractivity contribution in [1.82, 2.24) is 4.90 Å². The van der Waals surface area contributed by atoms with Gasteiger partial charge in [0, 0.05) is 17.1 Å². The summed E-state index contributed by atoms with van der Waals surface area (Å²) in [5.41, 5.74) is 3.29. The lowest BCUT2D eigenvalue weighted by molar-refractivity contribution is -0.117. The molecule has 0 aliphatic rings. The summed E-state index contributed by atoms with van der Waals surface area (Å²) in [5.74, 6) is 0.0207. The maximum absolute atomic E-state index is 12.0. The maximum Gasteiger partial charge on any atom is 0.238 e. The molecule has 0 saturated heterocycles. The smallest absolute Gasteiger partial charge is 0.238 e. The second-order valence-electron chi connectivity index (χ2n) is 5.12. The van der Waals surface area contributed by atoms with Gasteiger partial charge in [-0.1, -0.05) is 12.1 Å². The van der Waals surface area contributed by atoms with Crippen molar-refractivity contribution in [2.45, 2.75) is 20.4 Å². The quantitative estimate of drug-likeness (QED) is 0.914. The van der Waals surface area contributed by atoms with Crippen molar-refractivity contribution in [2.75, 3.05) is 18.9 Å². The number of thiophene rings is 1. The monoisotopic (exact) mass is 288 g/mol. The molecule has 0 radical (unpaired) electrons. The summed E-state index contributed by atoms with van der Waals surface area (Å²) in [5, 5.41) is 5.02. The van der Waals surface area contributed by atoms with Crippen molar-refractivity contribution in [1.29, 1.82) is 0 Å². The van der Waals surface area contributed by atoms with E-state index in [1.165, 1.54) is 10.4 Å². The molecule has 0 aliphatic heterocycles. The van der Waals surface area contributed by atoms with E-state index in [2.05, 4.69) is 23.7 Å². The normalized spacial score (nSPS) is 10.8. The van der Waals surface area contributed by atoms with Gasteiger partial charge >= 0.3 is 0 Å². The number of aryl methyl sites for hydroxylation is 2. The van der Waals surface area contributed by atoms with E-state index in [9.17, 15) is 4.79 Å². The number of hydrogen-bond acceptors (Lipinski definition) is 3. The summed E-state index contributed by atoms with van der Waals surface area (Å²) >= 11 is 1.74. The van der Waals surface area contributed by atoms with E-state index in [1.54, 1.807) is 11.3 Å². The maximum atomic E-state index is 12.0. The number of nitrogens with one attached hydrogen (secondary N) is 1. The Morgan fingerprint density at radius 2 is 2.10 bits per heavy atom. The molecule has 0 fully saturated rings. The minimum absolute atomic E-state index is 0.0207. The zero-order chi connectivity index (χ0) is 14.5. The number of carbonyl (C=O) groups is 1. The van der Waals surface area contributed by atoms with Crippen LogP contribution in [-0.4, -0.2) is 24.4 Å². The molecule has 1 amide bonds. The summed E-state index contributed by atoms with van der Waals surface area (Å²) in [6.45, 7) is 5.32. The predicted octanol–water partition coefficient (Wildman–Crippen LogP) is 3.44. The van der Waals surface area contributed by atoms with Crippen LogP contribution in [0.25, 0.3) is 0 Å². The van der Waals surface area contributed by atoms with Crippen LogP contribution >= 0.6 is 11.3 Å². The molecule has 0 saturated carbocycles. The number of likely N-dealkylation sites (N-methyl/N-ethyl adjacent to an activating group) is 1. The topological polar surface area (TPSA) is 32.3 Å². The van der Waals surface area contributed by atoms with Gasteiger partial charge in [0.25, 0.3) is 0 Å². The summed E-state index contributed by atoms with van der Waals surface area (Å²) < 4.78 is 0. The van der Waals surface area contributed by atoms with E-state index < -0.39 is 0 Å². The lowest BCUT2D eigenvalue weighted by Gasteiger charge is -2.16. The molecule has 0 bridgehead atoms. The molecule has 106 valence electrons. The first-order chi connectivity index (χ1) is 9.54. The van der Waals surface area contributed by atoms with Crippen molar-refractivity contribution in [3.63, 3.8) is 0 Å². The molecule has 2 aromatic rings. The van der Waals surface area contributed by atoms with E-state index in [-0.39, 0.29) is 5.91 Å². The number of anilines is 1. The van der Waals surface area contributed by atoms with Gasteiger partial charge in [-0.15, -0.1) is 11.3 Å². The van der Waals surface area contributed by atoms with E-state index in [0.29, 0.717) is 6.54 Å². The minimum Gasteiger partial charge on any atom is -0.325 e.